The number of hydrogen-bond donors (Lipinski definition) is 3. The van der Waals surface area contributed by atoms with Gasteiger partial charge in [-0.2, -0.15) is 0 Å². The van der Waals surface area contributed by atoms with Crippen molar-refractivity contribution in [1.82, 2.24) is 10.6 Å². The molecule has 0 spiro atoms. The molecule has 292 valence electrons. The maximum absolute atomic E-state index is 14.4. The molecule has 0 aromatic rings. The number of Topliss-reactive ketones (excluding diaryl/α,β-unsaturated/α-hetero) is 1. The van der Waals surface area contributed by atoms with Gasteiger partial charge in [-0.05, 0) is 138 Å². The van der Waals surface area contributed by atoms with Crippen LogP contribution in [0.25, 0.3) is 0 Å². The zero-order chi connectivity index (χ0) is 39.0. The second kappa shape index (κ2) is 15.5. The van der Waals surface area contributed by atoms with Gasteiger partial charge in [0.05, 0.1) is 5.41 Å². The van der Waals surface area contributed by atoms with Gasteiger partial charge in [0, 0.05) is 18.4 Å². The number of carbonyl (C=O) groups is 4. The molecule has 0 saturated heterocycles. The van der Waals surface area contributed by atoms with Crippen LogP contribution in [0.3, 0.4) is 0 Å². The van der Waals surface area contributed by atoms with E-state index in [2.05, 4.69) is 86.4 Å². The molecule has 3 aliphatic rings. The molecule has 3 fully saturated rings. The fourth-order valence-corrected chi connectivity index (χ4v) is 11.6. The van der Waals surface area contributed by atoms with E-state index in [1.165, 1.54) is 0 Å². The number of nitrogens with one attached hydrogen (secondary N) is 2. The lowest BCUT2D eigenvalue weighted by Crippen LogP contribution is -2.65. The van der Waals surface area contributed by atoms with Crippen LogP contribution in [0.1, 0.15) is 161 Å². The highest BCUT2D eigenvalue weighted by molar-refractivity contribution is 5.85. The molecule has 8 heteroatoms. The van der Waals surface area contributed by atoms with E-state index in [0.717, 1.165) is 50.5 Å². The third-order valence-electron chi connectivity index (χ3n) is 15.4. The van der Waals surface area contributed by atoms with Crippen LogP contribution in [0.5, 0.6) is 0 Å². The number of ether oxygens (including phenoxy) is 1. The first-order chi connectivity index (χ1) is 23.4. The largest absolute Gasteiger partial charge is 0.480 e. The monoisotopic (exact) mass is 715 g/mol. The van der Waals surface area contributed by atoms with Crippen molar-refractivity contribution in [3.63, 3.8) is 0 Å². The summed E-state index contributed by atoms with van der Waals surface area (Å²) in [5.41, 5.74) is -0.333. The molecule has 3 N–H and O–H groups in total. The van der Waals surface area contributed by atoms with Gasteiger partial charge in [-0.15, -0.1) is 0 Å². The number of hydrogen-bond acceptors (Lipinski definition) is 5. The molecule has 0 aromatic carbocycles. The minimum atomic E-state index is -1.10. The summed E-state index contributed by atoms with van der Waals surface area (Å²) in [5, 5.41) is 15.4. The Labute approximate surface area is 310 Å². The molecule has 3 rings (SSSR count). The lowest BCUT2D eigenvalue weighted by Gasteiger charge is -2.70. The van der Waals surface area contributed by atoms with E-state index in [1.807, 2.05) is 0 Å². The van der Waals surface area contributed by atoms with E-state index in [4.69, 9.17) is 4.74 Å². The smallest absolute Gasteiger partial charge is 0.408 e. The quantitative estimate of drug-likeness (QED) is 0.129. The number of aliphatic carboxylic acids is 1. The average Bonchev–Trinajstić information content (AvgIpc) is 3.02. The van der Waals surface area contributed by atoms with E-state index in [-0.39, 0.29) is 51.7 Å². The molecular weight excluding hydrogens is 640 g/mol. The number of rotatable bonds is 13. The van der Waals surface area contributed by atoms with Crippen LogP contribution in [0.15, 0.2) is 12.2 Å². The number of carboxylic acid groups (broad SMARTS) is 1. The molecule has 2 amide bonds. The first-order valence-corrected chi connectivity index (χ1v) is 20.1. The number of ketones is 1. The summed E-state index contributed by atoms with van der Waals surface area (Å²) in [4.78, 5) is 51.6. The third kappa shape index (κ3) is 8.10. The van der Waals surface area contributed by atoms with Gasteiger partial charge in [-0.1, -0.05) is 74.5 Å². The number of amides is 2. The van der Waals surface area contributed by atoms with Crippen LogP contribution in [0.2, 0.25) is 0 Å². The second-order valence-corrected chi connectivity index (χ2v) is 19.4. The van der Waals surface area contributed by atoms with E-state index in [1.54, 1.807) is 20.8 Å². The van der Waals surface area contributed by atoms with Gasteiger partial charge in [0.15, 0.2) is 0 Å². The van der Waals surface area contributed by atoms with Gasteiger partial charge in [-0.3, -0.25) is 9.59 Å². The Bertz CT molecular complexity index is 1320. The number of carbonyl (C=O) groups excluding carboxylic acids is 3. The van der Waals surface area contributed by atoms with E-state index >= 15 is 0 Å². The summed E-state index contributed by atoms with van der Waals surface area (Å²) in [6, 6.07) is -1.05. The Balaban J connectivity index is 1.84. The fourth-order valence-electron chi connectivity index (χ4n) is 11.6. The van der Waals surface area contributed by atoms with Gasteiger partial charge in [0.25, 0.3) is 0 Å². The molecule has 51 heavy (non-hydrogen) atoms. The molecule has 0 bridgehead atoms. The summed E-state index contributed by atoms with van der Waals surface area (Å²) in [6.07, 6.45) is 8.24. The molecule has 8 nitrogen and oxygen atoms in total. The maximum atomic E-state index is 14.4. The predicted molar refractivity (Wildman–Crippen MR) is 205 cm³/mol. The van der Waals surface area contributed by atoms with Crippen LogP contribution in [-0.2, 0) is 19.1 Å². The van der Waals surface area contributed by atoms with Gasteiger partial charge in [0.2, 0.25) is 5.91 Å². The summed E-state index contributed by atoms with van der Waals surface area (Å²) >= 11 is 0. The Morgan fingerprint density at radius 3 is 2.16 bits per heavy atom. The molecular formula is C43H74N2O6. The molecule has 0 aromatic heterocycles. The summed E-state index contributed by atoms with van der Waals surface area (Å²) in [7, 11) is 0. The van der Waals surface area contributed by atoms with Crippen molar-refractivity contribution in [1.29, 1.82) is 0 Å². The second-order valence-electron chi connectivity index (χ2n) is 19.4. The van der Waals surface area contributed by atoms with Gasteiger partial charge < -0.3 is 20.5 Å². The molecule has 0 heterocycles. The normalized spacial score (nSPS) is 36.3. The van der Waals surface area contributed by atoms with Crippen LogP contribution < -0.4 is 10.6 Å². The minimum absolute atomic E-state index is 0.0271. The number of carboxylic acids is 1. The molecule has 10 unspecified atom stereocenters. The molecule has 0 aliphatic heterocycles. The summed E-state index contributed by atoms with van der Waals surface area (Å²) < 4.78 is 5.24. The maximum Gasteiger partial charge on any atom is 0.408 e. The number of fused-ring (bicyclic) bond motifs is 1. The Morgan fingerprint density at radius 2 is 1.63 bits per heavy atom. The van der Waals surface area contributed by atoms with E-state index in [0.29, 0.717) is 43.4 Å². The molecule has 3 aliphatic carbocycles. The van der Waals surface area contributed by atoms with Crippen LogP contribution in [0.4, 0.5) is 4.79 Å². The molecule has 0 radical (unpaired) electrons. The fraction of sp³-hybridized carbons (Fsp3) is 0.860. The first-order valence-electron chi connectivity index (χ1n) is 20.1. The van der Waals surface area contributed by atoms with Crippen molar-refractivity contribution >= 4 is 23.8 Å². The molecule has 3 saturated carbocycles. The zero-order valence-electron chi connectivity index (χ0n) is 34.6. The van der Waals surface area contributed by atoms with Crippen LogP contribution in [-0.4, -0.2) is 47.0 Å². The van der Waals surface area contributed by atoms with Gasteiger partial charge >= 0.3 is 12.1 Å². The Morgan fingerprint density at radius 1 is 1.00 bits per heavy atom. The van der Waals surface area contributed by atoms with Gasteiger partial charge in [0.1, 0.15) is 17.4 Å². The number of allylic oxidation sites excluding steroid dienone is 1. The highest BCUT2D eigenvalue weighted by Crippen LogP contribution is 2.73. The Kier molecular flexibility index (Phi) is 13.1. The van der Waals surface area contributed by atoms with Crippen LogP contribution >= 0.6 is 0 Å². The third-order valence-corrected chi connectivity index (χ3v) is 15.4. The lowest BCUT2D eigenvalue weighted by atomic mass is 9.34. The van der Waals surface area contributed by atoms with Crippen molar-refractivity contribution < 1.29 is 29.0 Å². The SMILES string of the molecule is C=C(C)C(CC)C1C2CCC(C3(C)CCC(=O)C(C)(C)C3C)C(C)(CC)C2(C)CCC1(C)C(=O)NCCCCC(NC(=O)OC(C)(C)C)C(=O)O. The zero-order valence-corrected chi connectivity index (χ0v) is 34.6. The topological polar surface area (TPSA) is 122 Å². The van der Waals surface area contributed by atoms with Crippen LogP contribution in [0, 0.1) is 56.7 Å². The number of unbranched alkanes of at least 4 members (excludes halogenated alkanes) is 1. The highest BCUT2D eigenvalue weighted by atomic mass is 16.6. The van der Waals surface area contributed by atoms with E-state index in [9.17, 15) is 24.3 Å². The molecule has 10 atom stereocenters. The van der Waals surface area contributed by atoms with E-state index < -0.39 is 29.1 Å². The predicted octanol–water partition coefficient (Wildman–Crippen LogP) is 9.75. The standard InChI is InChI=1S/C43H74N2O6/c1-15-29(27(3)4)34-30-20-21-32(40(11)23-22-33(46)39(9,10)28(40)5)42(13,16-2)43(30,14)25-24-41(34,12)36(49)44-26-18-17-19-31(35(47)48)45-37(50)51-38(6,7)8/h28-32,34H,3,15-26H2,1-2,4-14H3,(H,44,49)(H,45,50)(H,47,48). The van der Waals surface area contributed by atoms with Crippen molar-refractivity contribution in [2.24, 2.45) is 56.7 Å². The lowest BCUT2D eigenvalue weighted by molar-refractivity contribution is -0.212. The van der Waals surface area contributed by atoms with Crippen molar-refractivity contribution in [3.05, 3.63) is 12.2 Å². The first kappa shape index (κ1) is 43.0. The average molecular weight is 715 g/mol. The summed E-state index contributed by atoms with van der Waals surface area (Å²) in [6.45, 7) is 33.3. The van der Waals surface area contributed by atoms with Crippen molar-refractivity contribution in [2.75, 3.05) is 6.54 Å². The minimum Gasteiger partial charge on any atom is -0.480 e. The number of alkyl carbamates (subject to hydrolysis) is 1. The highest BCUT2D eigenvalue weighted by Gasteiger charge is 2.67. The Hall–Kier alpha value is -2.38. The summed E-state index contributed by atoms with van der Waals surface area (Å²) in [5.74, 6) is 0.887. The van der Waals surface area contributed by atoms with Gasteiger partial charge in [-0.25, -0.2) is 9.59 Å². The van der Waals surface area contributed by atoms with Crippen molar-refractivity contribution in [2.45, 2.75) is 172 Å². The van der Waals surface area contributed by atoms with Crippen molar-refractivity contribution in [3.8, 4) is 0 Å².